The number of anilines is 1. The van der Waals surface area contributed by atoms with Crippen LogP contribution in [0.15, 0.2) is 18.2 Å². The summed E-state index contributed by atoms with van der Waals surface area (Å²) >= 11 is 5.89. The van der Waals surface area contributed by atoms with E-state index in [2.05, 4.69) is 5.32 Å². The van der Waals surface area contributed by atoms with Gasteiger partial charge in [-0.3, -0.25) is 10.1 Å². The molecule has 0 spiro atoms. The largest absolute Gasteiger partial charge is 0.373 e. The summed E-state index contributed by atoms with van der Waals surface area (Å²) in [6.07, 6.45) is 2.21. The monoisotopic (exact) mass is 269 g/mol. The molecule has 1 unspecified atom stereocenters. The van der Waals surface area contributed by atoms with Crippen LogP contribution in [0, 0.1) is 16.0 Å². The first kappa shape index (κ1) is 13.1. The highest BCUT2D eigenvalue weighted by molar-refractivity contribution is 6.31. The predicted octanol–water partition coefficient (Wildman–Crippen LogP) is 2.79. The fraction of sp³-hybridized carbons (Fsp3) is 0.500. The van der Waals surface area contributed by atoms with E-state index in [-0.39, 0.29) is 11.2 Å². The van der Waals surface area contributed by atoms with Crippen LogP contribution in [0.5, 0.6) is 0 Å². The van der Waals surface area contributed by atoms with Gasteiger partial charge in [0.05, 0.1) is 4.92 Å². The lowest BCUT2D eigenvalue weighted by Gasteiger charge is -2.30. The normalized spacial score (nSPS) is 18.2. The van der Waals surface area contributed by atoms with E-state index in [1.54, 1.807) is 6.07 Å². The van der Waals surface area contributed by atoms with E-state index in [4.69, 9.17) is 17.3 Å². The summed E-state index contributed by atoms with van der Waals surface area (Å²) in [5.74, 6) is 0.473. The van der Waals surface area contributed by atoms with Gasteiger partial charge in [0.15, 0.2) is 0 Å². The highest BCUT2D eigenvalue weighted by Crippen LogP contribution is 2.42. The van der Waals surface area contributed by atoms with Crippen LogP contribution in [0.3, 0.4) is 0 Å². The molecule has 0 radical (unpaired) electrons. The molecule has 0 aliphatic heterocycles. The number of nitrogens with zero attached hydrogens (tertiary/aromatic N) is 1. The van der Waals surface area contributed by atoms with Crippen molar-refractivity contribution in [2.75, 3.05) is 11.9 Å². The van der Waals surface area contributed by atoms with E-state index in [1.165, 1.54) is 12.1 Å². The maximum Gasteiger partial charge on any atom is 0.292 e. The number of benzene rings is 1. The fourth-order valence-corrected chi connectivity index (χ4v) is 2.29. The Hall–Kier alpha value is -1.33. The summed E-state index contributed by atoms with van der Waals surface area (Å²) < 4.78 is 0. The van der Waals surface area contributed by atoms with Crippen LogP contribution in [0.4, 0.5) is 11.4 Å². The van der Waals surface area contributed by atoms with Crippen molar-refractivity contribution in [1.82, 2.24) is 0 Å². The number of nitrogens with one attached hydrogen (secondary N) is 1. The lowest BCUT2D eigenvalue weighted by Crippen LogP contribution is -2.44. The number of halogens is 1. The molecule has 1 fully saturated rings. The topological polar surface area (TPSA) is 81.2 Å². The van der Waals surface area contributed by atoms with Crippen molar-refractivity contribution in [1.29, 1.82) is 0 Å². The van der Waals surface area contributed by atoms with E-state index >= 15 is 0 Å². The number of rotatable bonds is 5. The van der Waals surface area contributed by atoms with Gasteiger partial charge in [-0.15, -0.1) is 0 Å². The molecule has 2 rings (SSSR count). The Morgan fingerprint density at radius 2 is 2.28 bits per heavy atom. The highest BCUT2D eigenvalue weighted by atomic mass is 35.5. The van der Waals surface area contributed by atoms with Gasteiger partial charge in [-0.2, -0.15) is 0 Å². The SMILES string of the molecule is CC(CN)(Nc1cc(Cl)ccc1[N+](=O)[O-])C1CC1. The minimum Gasteiger partial charge on any atom is -0.373 e. The molecule has 18 heavy (non-hydrogen) atoms. The number of nitro benzene ring substituents is 1. The van der Waals surface area contributed by atoms with E-state index in [9.17, 15) is 10.1 Å². The zero-order valence-electron chi connectivity index (χ0n) is 10.1. The van der Waals surface area contributed by atoms with Crippen molar-refractivity contribution < 1.29 is 4.92 Å². The van der Waals surface area contributed by atoms with Crippen LogP contribution in [-0.4, -0.2) is 17.0 Å². The van der Waals surface area contributed by atoms with E-state index in [0.29, 0.717) is 23.2 Å². The second-order valence-corrected chi connectivity index (χ2v) is 5.38. The Morgan fingerprint density at radius 3 is 2.78 bits per heavy atom. The molecule has 0 amide bonds. The average Bonchev–Trinajstić information content (AvgIpc) is 3.12. The zero-order chi connectivity index (χ0) is 13.3. The fourth-order valence-electron chi connectivity index (χ4n) is 2.12. The average molecular weight is 270 g/mol. The zero-order valence-corrected chi connectivity index (χ0v) is 10.9. The molecule has 1 atom stereocenters. The third-order valence-corrected chi connectivity index (χ3v) is 3.71. The van der Waals surface area contributed by atoms with Crippen molar-refractivity contribution in [2.24, 2.45) is 11.7 Å². The lowest BCUT2D eigenvalue weighted by atomic mass is 9.95. The van der Waals surface area contributed by atoms with Crippen LogP contribution < -0.4 is 11.1 Å². The van der Waals surface area contributed by atoms with E-state index in [1.807, 2.05) is 6.92 Å². The molecule has 0 aromatic heterocycles. The molecule has 0 saturated heterocycles. The molecule has 3 N–H and O–H groups in total. The molecule has 5 nitrogen and oxygen atoms in total. The highest BCUT2D eigenvalue weighted by Gasteiger charge is 2.41. The first-order valence-electron chi connectivity index (χ1n) is 5.88. The van der Waals surface area contributed by atoms with Gasteiger partial charge in [-0.25, -0.2) is 0 Å². The first-order valence-corrected chi connectivity index (χ1v) is 6.26. The van der Waals surface area contributed by atoms with Crippen molar-refractivity contribution in [2.45, 2.75) is 25.3 Å². The Labute approximate surface area is 110 Å². The molecule has 0 bridgehead atoms. The van der Waals surface area contributed by atoms with Crippen molar-refractivity contribution in [3.8, 4) is 0 Å². The molecular weight excluding hydrogens is 254 g/mol. The van der Waals surface area contributed by atoms with Crippen molar-refractivity contribution in [3.05, 3.63) is 33.3 Å². The first-order chi connectivity index (χ1) is 8.46. The van der Waals surface area contributed by atoms with Crippen molar-refractivity contribution in [3.63, 3.8) is 0 Å². The minimum atomic E-state index is -0.414. The third-order valence-electron chi connectivity index (χ3n) is 3.48. The van der Waals surface area contributed by atoms with Gasteiger partial charge in [0.1, 0.15) is 5.69 Å². The molecule has 1 aliphatic rings. The molecule has 98 valence electrons. The van der Waals surface area contributed by atoms with Gasteiger partial charge in [0, 0.05) is 23.2 Å². The smallest absolute Gasteiger partial charge is 0.292 e. The third kappa shape index (κ3) is 2.57. The van der Waals surface area contributed by atoms with E-state index < -0.39 is 4.92 Å². The number of hydrogen-bond donors (Lipinski definition) is 2. The van der Waals surface area contributed by atoms with Gasteiger partial charge in [-0.1, -0.05) is 11.6 Å². The maximum atomic E-state index is 11.0. The molecule has 1 saturated carbocycles. The molecule has 1 aliphatic carbocycles. The quantitative estimate of drug-likeness (QED) is 0.636. The van der Waals surface area contributed by atoms with Crippen LogP contribution in [0.1, 0.15) is 19.8 Å². The van der Waals surface area contributed by atoms with Gasteiger partial charge in [0.2, 0.25) is 0 Å². The van der Waals surface area contributed by atoms with Crippen LogP contribution in [0.25, 0.3) is 0 Å². The summed E-state index contributed by atoms with van der Waals surface area (Å²) in [4.78, 5) is 10.6. The van der Waals surface area contributed by atoms with Gasteiger partial charge < -0.3 is 11.1 Å². The summed E-state index contributed by atoms with van der Waals surface area (Å²) in [6, 6.07) is 4.51. The number of nitro groups is 1. The molecule has 0 heterocycles. The van der Waals surface area contributed by atoms with Crippen LogP contribution in [-0.2, 0) is 0 Å². The summed E-state index contributed by atoms with van der Waals surface area (Å²) in [5, 5.41) is 14.7. The van der Waals surface area contributed by atoms with Crippen LogP contribution >= 0.6 is 11.6 Å². The molecular formula is C12H16ClN3O2. The summed E-state index contributed by atoms with van der Waals surface area (Å²) in [7, 11) is 0. The maximum absolute atomic E-state index is 11.0. The van der Waals surface area contributed by atoms with E-state index in [0.717, 1.165) is 12.8 Å². The van der Waals surface area contributed by atoms with Gasteiger partial charge >= 0.3 is 0 Å². The predicted molar refractivity (Wildman–Crippen MR) is 71.9 cm³/mol. The Balaban J connectivity index is 2.32. The molecule has 1 aromatic carbocycles. The molecule has 1 aromatic rings. The number of nitrogens with two attached hydrogens (primary N) is 1. The number of hydrogen-bond acceptors (Lipinski definition) is 4. The summed E-state index contributed by atoms with van der Waals surface area (Å²) in [5.41, 5.74) is 5.95. The Morgan fingerprint density at radius 1 is 1.61 bits per heavy atom. The standard InChI is InChI=1S/C12H16ClN3O2/c1-12(7-14,8-2-3-8)15-10-6-9(13)4-5-11(10)16(17)18/h4-6,8,15H,2-3,7,14H2,1H3. The lowest BCUT2D eigenvalue weighted by molar-refractivity contribution is -0.384. The van der Waals surface area contributed by atoms with Gasteiger partial charge in [-0.05, 0) is 37.8 Å². The minimum absolute atomic E-state index is 0.0275. The van der Waals surface area contributed by atoms with Gasteiger partial charge in [0.25, 0.3) is 5.69 Å². The molecule has 6 heteroatoms. The Bertz CT molecular complexity index is 476. The van der Waals surface area contributed by atoms with Crippen LogP contribution in [0.2, 0.25) is 5.02 Å². The second kappa shape index (κ2) is 4.74. The van der Waals surface area contributed by atoms with Crippen molar-refractivity contribution >= 4 is 23.0 Å². The second-order valence-electron chi connectivity index (χ2n) is 4.94. The Kier molecular flexibility index (Phi) is 3.45. The summed E-state index contributed by atoms with van der Waals surface area (Å²) in [6.45, 7) is 2.43.